The molecule has 7 nitrogen and oxygen atoms in total. The van der Waals surface area contributed by atoms with Crippen LogP contribution in [-0.2, 0) is 4.79 Å². The molecule has 29 heavy (non-hydrogen) atoms. The van der Waals surface area contributed by atoms with Gasteiger partial charge in [0.1, 0.15) is 5.76 Å². The Labute approximate surface area is 168 Å². The monoisotopic (exact) mass is 391 g/mol. The van der Waals surface area contributed by atoms with Gasteiger partial charge in [-0.1, -0.05) is 0 Å². The van der Waals surface area contributed by atoms with Crippen LogP contribution >= 0.6 is 0 Å². The van der Waals surface area contributed by atoms with Crippen molar-refractivity contribution in [2.45, 2.75) is 0 Å². The van der Waals surface area contributed by atoms with E-state index < -0.39 is 0 Å². The normalized spacial score (nSPS) is 14.3. The number of piperazine rings is 1. The molecule has 0 bridgehead atoms. The van der Waals surface area contributed by atoms with Crippen LogP contribution in [0.3, 0.4) is 0 Å². The average molecular weight is 391 g/mol. The molecule has 1 saturated heterocycles. The Morgan fingerprint density at radius 3 is 2.28 bits per heavy atom. The van der Waals surface area contributed by atoms with Crippen molar-refractivity contribution in [3.8, 4) is 0 Å². The van der Waals surface area contributed by atoms with Crippen molar-refractivity contribution in [3.63, 3.8) is 0 Å². The minimum absolute atomic E-state index is 0.0738. The Kier molecular flexibility index (Phi) is 5.47. The zero-order valence-electron chi connectivity index (χ0n) is 15.8. The van der Waals surface area contributed by atoms with Crippen molar-refractivity contribution < 1.29 is 18.4 Å². The van der Waals surface area contributed by atoms with Gasteiger partial charge in [-0.15, -0.1) is 0 Å². The number of carbonyl (C=O) groups excluding carboxylic acids is 2. The van der Waals surface area contributed by atoms with Crippen LogP contribution in [0, 0.1) is 0 Å². The van der Waals surface area contributed by atoms with Crippen LogP contribution in [0.5, 0.6) is 0 Å². The van der Waals surface area contributed by atoms with Crippen LogP contribution < -0.4 is 10.2 Å². The zero-order chi connectivity index (χ0) is 20.1. The molecule has 0 aliphatic carbocycles. The van der Waals surface area contributed by atoms with Gasteiger partial charge in [0.25, 0.3) is 5.91 Å². The minimum Gasteiger partial charge on any atom is -0.465 e. The van der Waals surface area contributed by atoms with E-state index in [0.29, 0.717) is 24.6 Å². The maximum absolute atomic E-state index is 12.3. The zero-order valence-corrected chi connectivity index (χ0v) is 15.8. The van der Waals surface area contributed by atoms with Gasteiger partial charge in [0, 0.05) is 43.6 Å². The topological polar surface area (TPSA) is 78.9 Å². The van der Waals surface area contributed by atoms with Crippen molar-refractivity contribution in [3.05, 3.63) is 78.7 Å². The SMILES string of the molecule is O=C(C=Cc1ccco1)Nc1ccc(N2CCN(C(=O)c3ccco3)CC2)cc1. The first-order chi connectivity index (χ1) is 14.2. The molecular formula is C22H21N3O4. The number of nitrogens with one attached hydrogen (secondary N) is 1. The summed E-state index contributed by atoms with van der Waals surface area (Å²) in [5, 5.41) is 2.82. The fourth-order valence-corrected chi connectivity index (χ4v) is 3.21. The Balaban J connectivity index is 1.29. The Morgan fingerprint density at radius 1 is 0.897 bits per heavy atom. The molecule has 0 atom stereocenters. The number of hydrogen-bond acceptors (Lipinski definition) is 5. The van der Waals surface area contributed by atoms with Crippen molar-refractivity contribution in [2.75, 3.05) is 36.4 Å². The lowest BCUT2D eigenvalue weighted by Gasteiger charge is -2.35. The first-order valence-corrected chi connectivity index (χ1v) is 9.39. The van der Waals surface area contributed by atoms with Crippen LogP contribution in [0.15, 0.2) is 76.0 Å². The number of rotatable bonds is 5. The Morgan fingerprint density at radius 2 is 1.62 bits per heavy atom. The van der Waals surface area contributed by atoms with E-state index in [1.165, 1.54) is 12.3 Å². The van der Waals surface area contributed by atoms with Gasteiger partial charge in [-0.25, -0.2) is 0 Å². The molecule has 4 rings (SSSR count). The van der Waals surface area contributed by atoms with Crippen LogP contribution in [-0.4, -0.2) is 42.9 Å². The molecule has 1 aliphatic heterocycles. The number of carbonyl (C=O) groups is 2. The summed E-state index contributed by atoms with van der Waals surface area (Å²) >= 11 is 0. The molecular weight excluding hydrogens is 370 g/mol. The minimum atomic E-state index is -0.223. The third kappa shape index (κ3) is 4.57. The molecule has 7 heteroatoms. The highest BCUT2D eigenvalue weighted by Gasteiger charge is 2.23. The van der Waals surface area contributed by atoms with E-state index in [2.05, 4.69) is 10.2 Å². The maximum atomic E-state index is 12.3. The van der Waals surface area contributed by atoms with Gasteiger partial charge < -0.3 is 24.0 Å². The molecule has 1 aromatic carbocycles. The number of hydrogen-bond donors (Lipinski definition) is 1. The summed E-state index contributed by atoms with van der Waals surface area (Å²) in [6, 6.07) is 14.6. The predicted octanol–water partition coefficient (Wildman–Crippen LogP) is 3.49. The second-order valence-electron chi connectivity index (χ2n) is 6.64. The van der Waals surface area contributed by atoms with E-state index in [9.17, 15) is 9.59 Å². The van der Waals surface area contributed by atoms with Gasteiger partial charge in [-0.05, 0) is 54.6 Å². The van der Waals surface area contributed by atoms with Gasteiger partial charge in [-0.3, -0.25) is 9.59 Å². The fraction of sp³-hybridized carbons (Fsp3) is 0.182. The lowest BCUT2D eigenvalue weighted by Crippen LogP contribution is -2.48. The molecule has 0 spiro atoms. The summed E-state index contributed by atoms with van der Waals surface area (Å²) in [6.07, 6.45) is 6.12. The maximum Gasteiger partial charge on any atom is 0.289 e. The fourth-order valence-electron chi connectivity index (χ4n) is 3.21. The van der Waals surface area contributed by atoms with Crippen LogP contribution in [0.4, 0.5) is 11.4 Å². The molecule has 0 saturated carbocycles. The largest absolute Gasteiger partial charge is 0.465 e. The summed E-state index contributed by atoms with van der Waals surface area (Å²) in [7, 11) is 0. The Bertz CT molecular complexity index is 968. The van der Waals surface area contributed by atoms with Crippen LogP contribution in [0.2, 0.25) is 0 Å². The lowest BCUT2D eigenvalue weighted by atomic mass is 10.2. The molecule has 3 aromatic rings. The second-order valence-corrected chi connectivity index (χ2v) is 6.64. The van der Waals surface area contributed by atoms with E-state index in [1.807, 2.05) is 24.3 Å². The van der Waals surface area contributed by atoms with Crippen molar-refractivity contribution >= 4 is 29.3 Å². The van der Waals surface area contributed by atoms with Crippen molar-refractivity contribution in [2.24, 2.45) is 0 Å². The van der Waals surface area contributed by atoms with Gasteiger partial charge in [0.15, 0.2) is 5.76 Å². The quantitative estimate of drug-likeness (QED) is 0.674. The average Bonchev–Trinajstić information content (AvgIpc) is 3.47. The third-order valence-electron chi connectivity index (χ3n) is 4.74. The summed E-state index contributed by atoms with van der Waals surface area (Å²) in [5.74, 6) is 0.703. The van der Waals surface area contributed by atoms with E-state index in [1.54, 1.807) is 41.5 Å². The van der Waals surface area contributed by atoms with Gasteiger partial charge in [-0.2, -0.15) is 0 Å². The molecule has 3 heterocycles. The predicted molar refractivity (Wildman–Crippen MR) is 110 cm³/mol. The van der Waals surface area contributed by atoms with Gasteiger partial charge in [0.2, 0.25) is 5.91 Å². The van der Waals surface area contributed by atoms with E-state index in [4.69, 9.17) is 8.83 Å². The first-order valence-electron chi connectivity index (χ1n) is 9.39. The van der Waals surface area contributed by atoms with Crippen molar-refractivity contribution in [1.29, 1.82) is 0 Å². The summed E-state index contributed by atoms with van der Waals surface area (Å²) in [5.41, 5.74) is 1.77. The van der Waals surface area contributed by atoms with Gasteiger partial charge in [0.05, 0.1) is 12.5 Å². The highest BCUT2D eigenvalue weighted by Crippen LogP contribution is 2.20. The molecule has 148 valence electrons. The molecule has 0 unspecified atom stereocenters. The molecule has 1 N–H and O–H groups in total. The molecule has 2 amide bonds. The number of benzene rings is 1. The number of nitrogens with zero attached hydrogens (tertiary/aromatic N) is 2. The molecule has 1 aliphatic rings. The highest BCUT2D eigenvalue weighted by molar-refractivity contribution is 6.01. The highest BCUT2D eigenvalue weighted by atomic mass is 16.3. The molecule has 1 fully saturated rings. The lowest BCUT2D eigenvalue weighted by molar-refractivity contribution is -0.111. The second kappa shape index (κ2) is 8.52. The van der Waals surface area contributed by atoms with E-state index in [-0.39, 0.29) is 11.8 Å². The third-order valence-corrected chi connectivity index (χ3v) is 4.74. The number of amides is 2. The van der Waals surface area contributed by atoms with Crippen LogP contribution in [0.25, 0.3) is 6.08 Å². The van der Waals surface area contributed by atoms with E-state index >= 15 is 0 Å². The standard InChI is InChI=1S/C22H21N3O4/c26-21(10-9-19-3-1-15-28-19)23-17-5-7-18(8-6-17)24-11-13-25(14-12-24)22(27)20-4-2-16-29-20/h1-10,15-16H,11-14H2,(H,23,26). The van der Waals surface area contributed by atoms with Crippen LogP contribution in [0.1, 0.15) is 16.3 Å². The van der Waals surface area contributed by atoms with E-state index in [0.717, 1.165) is 24.5 Å². The summed E-state index contributed by atoms with van der Waals surface area (Å²) in [6.45, 7) is 2.75. The van der Waals surface area contributed by atoms with Crippen molar-refractivity contribution in [1.82, 2.24) is 4.90 Å². The smallest absolute Gasteiger partial charge is 0.289 e. The summed E-state index contributed by atoms with van der Waals surface area (Å²) < 4.78 is 10.4. The first kappa shape index (κ1) is 18.6. The molecule has 2 aromatic heterocycles. The summed E-state index contributed by atoms with van der Waals surface area (Å²) in [4.78, 5) is 28.4. The molecule has 0 radical (unpaired) electrons. The number of furan rings is 2. The number of anilines is 2. The Hall–Kier alpha value is -3.74. The van der Waals surface area contributed by atoms with Gasteiger partial charge >= 0.3 is 0 Å².